The van der Waals surface area contributed by atoms with Crippen LogP contribution in [0.3, 0.4) is 0 Å². The van der Waals surface area contributed by atoms with E-state index in [2.05, 4.69) is 15.6 Å². The summed E-state index contributed by atoms with van der Waals surface area (Å²) in [6.45, 7) is 4.47. The molecule has 3 aromatic rings. The number of aromatic nitrogens is 2. The summed E-state index contributed by atoms with van der Waals surface area (Å²) in [5.41, 5.74) is 2.57. The van der Waals surface area contributed by atoms with Crippen molar-refractivity contribution in [3.05, 3.63) is 53.6 Å². The summed E-state index contributed by atoms with van der Waals surface area (Å²) in [6, 6.07) is 12.6. The number of rotatable bonds is 7. The summed E-state index contributed by atoms with van der Waals surface area (Å²) in [5, 5.41) is 10.5. The van der Waals surface area contributed by atoms with Gasteiger partial charge >= 0.3 is 0 Å². The highest BCUT2D eigenvalue weighted by Gasteiger charge is 2.19. The molecule has 1 heterocycles. The lowest BCUT2D eigenvalue weighted by Gasteiger charge is -2.10. The van der Waals surface area contributed by atoms with Crippen LogP contribution in [-0.4, -0.2) is 29.9 Å². The predicted molar refractivity (Wildman–Crippen MR) is 101 cm³/mol. The molecule has 2 aromatic carbocycles. The van der Waals surface area contributed by atoms with E-state index in [0.29, 0.717) is 23.6 Å². The van der Waals surface area contributed by atoms with Crippen LogP contribution in [0.4, 0.5) is 5.82 Å². The fraction of sp³-hybridized carbons (Fsp3) is 0.250. The highest BCUT2D eigenvalue weighted by Crippen LogP contribution is 2.29. The number of hydrogen-bond acceptors (Lipinski definition) is 6. The molecule has 0 fully saturated rings. The second-order valence-electron chi connectivity index (χ2n) is 5.94. The highest BCUT2D eigenvalue weighted by molar-refractivity contribution is 6.07. The van der Waals surface area contributed by atoms with Crippen LogP contribution in [-0.2, 0) is 0 Å². The Labute approximate surface area is 157 Å². The molecule has 0 saturated heterocycles. The maximum Gasteiger partial charge on any atom is 0.260 e. The topological polar surface area (TPSA) is 86.5 Å². The third-order valence-corrected chi connectivity index (χ3v) is 3.98. The van der Waals surface area contributed by atoms with Gasteiger partial charge in [-0.1, -0.05) is 19.1 Å². The first kappa shape index (κ1) is 18.4. The number of methoxy groups -OCH3 is 1. The second-order valence-corrected chi connectivity index (χ2v) is 5.94. The number of aryl methyl sites for hydroxylation is 1. The number of benzene rings is 2. The van der Waals surface area contributed by atoms with Crippen LogP contribution in [0.2, 0.25) is 0 Å². The lowest BCUT2D eigenvalue weighted by atomic mass is 10.1. The fourth-order valence-electron chi connectivity index (χ4n) is 2.65. The Kier molecular flexibility index (Phi) is 5.71. The molecule has 0 bridgehead atoms. The number of hydrogen-bond donors (Lipinski definition) is 1. The first-order valence-electron chi connectivity index (χ1n) is 8.64. The molecule has 3 rings (SSSR count). The van der Waals surface area contributed by atoms with E-state index >= 15 is 0 Å². The van der Waals surface area contributed by atoms with Crippen molar-refractivity contribution >= 4 is 11.7 Å². The Morgan fingerprint density at radius 3 is 2.70 bits per heavy atom. The van der Waals surface area contributed by atoms with Crippen molar-refractivity contribution in [1.29, 1.82) is 0 Å². The zero-order chi connectivity index (χ0) is 19.2. The van der Waals surface area contributed by atoms with Gasteiger partial charge in [-0.15, -0.1) is 0 Å². The average Bonchev–Trinajstić information content (AvgIpc) is 3.14. The van der Waals surface area contributed by atoms with Crippen LogP contribution in [0.15, 0.2) is 47.1 Å². The van der Waals surface area contributed by atoms with Gasteiger partial charge in [-0.25, -0.2) is 4.63 Å². The van der Waals surface area contributed by atoms with Crippen molar-refractivity contribution in [1.82, 2.24) is 10.3 Å². The Bertz CT molecular complexity index is 936. The fourth-order valence-corrected chi connectivity index (χ4v) is 2.65. The summed E-state index contributed by atoms with van der Waals surface area (Å²) in [5.74, 6) is 1.19. The zero-order valence-electron chi connectivity index (χ0n) is 15.5. The Balaban J connectivity index is 1.85. The van der Waals surface area contributed by atoms with Gasteiger partial charge in [-0.3, -0.25) is 4.79 Å². The molecule has 0 aliphatic carbocycles. The first-order chi connectivity index (χ1) is 13.1. The van der Waals surface area contributed by atoms with E-state index < -0.39 is 0 Å². The maximum atomic E-state index is 12.7. The number of carbonyl (C=O) groups excluding carboxylic acids is 1. The highest BCUT2D eigenvalue weighted by atomic mass is 16.6. The molecule has 7 heteroatoms. The number of carbonyl (C=O) groups is 1. The molecule has 0 aliphatic heterocycles. The Morgan fingerprint density at radius 2 is 1.96 bits per heavy atom. The van der Waals surface area contributed by atoms with Crippen molar-refractivity contribution in [2.75, 3.05) is 19.0 Å². The summed E-state index contributed by atoms with van der Waals surface area (Å²) in [7, 11) is 1.61. The molecule has 0 aliphatic rings. The number of ether oxygens (including phenoxy) is 2. The summed E-state index contributed by atoms with van der Waals surface area (Å²) >= 11 is 0. The number of anilines is 1. The number of nitrogens with one attached hydrogen (secondary N) is 1. The van der Waals surface area contributed by atoms with Crippen LogP contribution >= 0.6 is 0 Å². The second kappa shape index (κ2) is 8.35. The molecule has 140 valence electrons. The molecule has 1 aromatic heterocycles. The van der Waals surface area contributed by atoms with Crippen LogP contribution in [0.25, 0.3) is 11.3 Å². The monoisotopic (exact) mass is 367 g/mol. The third kappa shape index (κ3) is 4.08. The quantitative estimate of drug-likeness (QED) is 0.677. The SMILES string of the molecule is CCCOc1ccccc1C(=O)Nc1nonc1-c1ccc(OC)c(C)c1. The van der Waals surface area contributed by atoms with Crippen LogP contribution in [0.5, 0.6) is 11.5 Å². The molecule has 1 amide bonds. The Hall–Kier alpha value is -3.35. The van der Waals surface area contributed by atoms with Gasteiger partial charge in [0.15, 0.2) is 5.69 Å². The van der Waals surface area contributed by atoms with Crippen molar-refractivity contribution in [2.24, 2.45) is 0 Å². The third-order valence-electron chi connectivity index (χ3n) is 3.98. The van der Waals surface area contributed by atoms with Crippen LogP contribution < -0.4 is 14.8 Å². The van der Waals surface area contributed by atoms with Crippen molar-refractivity contribution in [2.45, 2.75) is 20.3 Å². The number of para-hydroxylation sites is 1. The van der Waals surface area contributed by atoms with E-state index in [-0.39, 0.29) is 11.7 Å². The first-order valence-corrected chi connectivity index (χ1v) is 8.64. The summed E-state index contributed by atoms with van der Waals surface area (Å²) < 4.78 is 15.8. The number of nitrogens with zero attached hydrogens (tertiary/aromatic N) is 2. The minimum Gasteiger partial charge on any atom is -0.496 e. The molecule has 0 unspecified atom stereocenters. The predicted octanol–water partition coefficient (Wildman–Crippen LogP) is 4.09. The van der Waals surface area contributed by atoms with Gasteiger partial charge < -0.3 is 14.8 Å². The zero-order valence-corrected chi connectivity index (χ0v) is 15.5. The van der Waals surface area contributed by atoms with Gasteiger partial charge in [0.25, 0.3) is 5.91 Å². The lowest BCUT2D eigenvalue weighted by molar-refractivity contribution is 0.102. The Morgan fingerprint density at radius 1 is 1.15 bits per heavy atom. The largest absolute Gasteiger partial charge is 0.496 e. The molecule has 0 saturated carbocycles. The van der Waals surface area contributed by atoms with Crippen LogP contribution in [0.1, 0.15) is 29.3 Å². The molecule has 0 atom stereocenters. The average molecular weight is 367 g/mol. The van der Waals surface area contributed by atoms with Gasteiger partial charge in [-0.05, 0) is 59.6 Å². The van der Waals surface area contributed by atoms with Gasteiger partial charge in [-0.2, -0.15) is 0 Å². The summed E-state index contributed by atoms with van der Waals surface area (Å²) in [6.07, 6.45) is 0.851. The van der Waals surface area contributed by atoms with E-state index in [0.717, 1.165) is 23.3 Å². The molecule has 0 radical (unpaired) electrons. The molecular formula is C20H21N3O4. The smallest absolute Gasteiger partial charge is 0.260 e. The van der Waals surface area contributed by atoms with Gasteiger partial charge in [0.2, 0.25) is 5.82 Å². The molecule has 0 spiro atoms. The normalized spacial score (nSPS) is 10.5. The standard InChI is InChI=1S/C20H21N3O4/c1-4-11-26-17-8-6-5-7-15(17)20(24)21-19-18(22-27-23-19)14-9-10-16(25-3)13(2)12-14/h5-10,12H,4,11H2,1-3H3,(H,21,23,24). The molecule has 1 N–H and O–H groups in total. The van der Waals surface area contributed by atoms with E-state index in [4.69, 9.17) is 14.1 Å². The van der Waals surface area contributed by atoms with E-state index in [1.807, 2.05) is 38.1 Å². The minimum atomic E-state index is -0.344. The van der Waals surface area contributed by atoms with Gasteiger partial charge in [0.05, 0.1) is 19.3 Å². The van der Waals surface area contributed by atoms with E-state index in [9.17, 15) is 4.79 Å². The van der Waals surface area contributed by atoms with Crippen LogP contribution in [0, 0.1) is 6.92 Å². The van der Waals surface area contributed by atoms with E-state index in [1.54, 1.807) is 25.3 Å². The molecular weight excluding hydrogens is 346 g/mol. The van der Waals surface area contributed by atoms with Gasteiger partial charge in [0.1, 0.15) is 11.5 Å². The molecule has 7 nitrogen and oxygen atoms in total. The minimum absolute atomic E-state index is 0.245. The van der Waals surface area contributed by atoms with Crippen molar-refractivity contribution < 1.29 is 18.9 Å². The summed E-state index contributed by atoms with van der Waals surface area (Å²) in [4.78, 5) is 12.7. The lowest BCUT2D eigenvalue weighted by Crippen LogP contribution is -2.14. The van der Waals surface area contributed by atoms with Gasteiger partial charge in [0, 0.05) is 5.56 Å². The van der Waals surface area contributed by atoms with Crippen molar-refractivity contribution in [3.63, 3.8) is 0 Å². The van der Waals surface area contributed by atoms with E-state index in [1.165, 1.54) is 0 Å². The number of amides is 1. The molecule has 27 heavy (non-hydrogen) atoms. The van der Waals surface area contributed by atoms with Crippen molar-refractivity contribution in [3.8, 4) is 22.8 Å². The maximum absolute atomic E-state index is 12.7.